The molecule has 0 fully saturated rings. The van der Waals surface area contributed by atoms with Gasteiger partial charge in [0.15, 0.2) is 0 Å². The molecule has 1 unspecified atom stereocenters. The third-order valence-corrected chi connectivity index (χ3v) is 2.15. The maximum atomic E-state index is 9.55. The smallest absolute Gasteiger partial charge is 0.126 e. The van der Waals surface area contributed by atoms with Crippen molar-refractivity contribution in [3.63, 3.8) is 0 Å². The van der Waals surface area contributed by atoms with Gasteiger partial charge in [0.05, 0.1) is 11.7 Å². The first-order valence-electron chi connectivity index (χ1n) is 4.91. The topological polar surface area (TPSA) is 68.9 Å². The van der Waals surface area contributed by atoms with Crippen molar-refractivity contribution in [1.82, 2.24) is 4.98 Å². The minimum atomic E-state index is -0.387. The van der Waals surface area contributed by atoms with Crippen LogP contribution in [0.2, 0.25) is 0 Å². The van der Waals surface area contributed by atoms with Gasteiger partial charge in [0.25, 0.3) is 0 Å². The zero-order chi connectivity index (χ0) is 11.3. The van der Waals surface area contributed by atoms with Gasteiger partial charge >= 0.3 is 0 Å². The highest BCUT2D eigenvalue weighted by atomic mass is 16.3. The molecule has 0 aliphatic rings. The highest BCUT2D eigenvalue weighted by Gasteiger charge is 2.08. The molecule has 1 aromatic heterocycles. The van der Waals surface area contributed by atoms with E-state index in [1.807, 2.05) is 19.9 Å². The van der Waals surface area contributed by atoms with Crippen LogP contribution >= 0.6 is 0 Å². The highest BCUT2D eigenvalue weighted by molar-refractivity contribution is 5.38. The Balaban J connectivity index is 2.48. The Labute approximate surface area is 89.6 Å². The molecular weight excluding hydrogens is 190 g/mol. The number of nitrogens with one attached hydrogen (secondary N) is 1. The van der Waals surface area contributed by atoms with E-state index in [9.17, 15) is 5.11 Å². The summed E-state index contributed by atoms with van der Waals surface area (Å²) >= 11 is 0. The van der Waals surface area contributed by atoms with Crippen molar-refractivity contribution >= 4 is 5.82 Å². The monoisotopic (exact) mass is 205 g/mol. The average Bonchev–Trinajstić information content (AvgIpc) is 2.26. The Morgan fingerprint density at radius 3 is 2.73 bits per heavy atom. The number of aliphatic hydroxyl groups excluding tert-OH is 1. The Morgan fingerprint density at radius 2 is 2.27 bits per heavy atom. The average molecular weight is 205 g/mol. The molecule has 0 aromatic carbocycles. The number of hydrogen-bond donors (Lipinski definition) is 2. The largest absolute Gasteiger partial charge is 0.391 e. The normalized spacial score (nSPS) is 12.2. The van der Waals surface area contributed by atoms with E-state index in [0.29, 0.717) is 17.9 Å². The molecule has 4 heteroatoms. The summed E-state index contributed by atoms with van der Waals surface area (Å²) in [4.78, 5) is 4.04. The van der Waals surface area contributed by atoms with Crippen molar-refractivity contribution in [3.05, 3.63) is 23.9 Å². The molecule has 0 aliphatic heterocycles. The number of aromatic nitrogens is 1. The van der Waals surface area contributed by atoms with Crippen LogP contribution in [0.15, 0.2) is 18.3 Å². The molecule has 1 rings (SSSR count). The zero-order valence-electron chi connectivity index (χ0n) is 8.94. The lowest BCUT2D eigenvalue weighted by Crippen LogP contribution is -2.25. The molecule has 15 heavy (non-hydrogen) atoms. The van der Waals surface area contributed by atoms with Gasteiger partial charge in [0.2, 0.25) is 0 Å². The van der Waals surface area contributed by atoms with E-state index in [4.69, 9.17) is 5.26 Å². The molecule has 0 aliphatic carbocycles. The number of anilines is 1. The summed E-state index contributed by atoms with van der Waals surface area (Å²) < 4.78 is 0. The predicted molar refractivity (Wildman–Crippen MR) is 58.3 cm³/mol. The number of nitrogens with zero attached hydrogens (tertiary/aromatic N) is 2. The summed E-state index contributed by atoms with van der Waals surface area (Å²) in [6.45, 7) is 4.38. The van der Waals surface area contributed by atoms with E-state index in [1.165, 1.54) is 6.20 Å². The van der Waals surface area contributed by atoms with Gasteiger partial charge in [-0.15, -0.1) is 0 Å². The van der Waals surface area contributed by atoms with E-state index in [-0.39, 0.29) is 12.0 Å². The van der Waals surface area contributed by atoms with Gasteiger partial charge in [0.1, 0.15) is 11.9 Å². The Bertz CT molecular complexity index is 340. The molecule has 0 bridgehead atoms. The third kappa shape index (κ3) is 3.56. The lowest BCUT2D eigenvalue weighted by atomic mass is 10.1. The van der Waals surface area contributed by atoms with Gasteiger partial charge in [-0.2, -0.15) is 5.26 Å². The summed E-state index contributed by atoms with van der Waals surface area (Å²) in [5, 5.41) is 21.1. The molecule has 1 aromatic rings. The number of pyridine rings is 1. The molecule has 0 spiro atoms. The summed E-state index contributed by atoms with van der Waals surface area (Å²) in [6.07, 6.45) is 1.12. The molecule has 2 N–H and O–H groups in total. The number of nitriles is 1. The maximum absolute atomic E-state index is 9.55. The molecule has 0 saturated carbocycles. The molecular formula is C11H15N3O. The van der Waals surface area contributed by atoms with Gasteiger partial charge in [-0.3, -0.25) is 0 Å². The number of hydrogen-bond acceptors (Lipinski definition) is 4. The zero-order valence-corrected chi connectivity index (χ0v) is 8.94. The van der Waals surface area contributed by atoms with Gasteiger partial charge in [0, 0.05) is 12.7 Å². The fraction of sp³-hybridized carbons (Fsp3) is 0.455. The first-order valence-corrected chi connectivity index (χ1v) is 4.91. The van der Waals surface area contributed by atoms with Crippen LogP contribution in [0.1, 0.15) is 19.4 Å². The standard InChI is InChI=1S/C11H15N3O/c1-8(2)10(15)7-14-11-4-3-9(5-12)6-13-11/h3-4,6,8,10,15H,7H2,1-2H3,(H,13,14). The quantitative estimate of drug-likeness (QED) is 0.779. The minimum absolute atomic E-state index is 0.218. The summed E-state index contributed by atoms with van der Waals surface area (Å²) in [5.74, 6) is 0.893. The van der Waals surface area contributed by atoms with E-state index in [2.05, 4.69) is 10.3 Å². The summed E-state index contributed by atoms with van der Waals surface area (Å²) in [7, 11) is 0. The summed E-state index contributed by atoms with van der Waals surface area (Å²) in [5.41, 5.74) is 0.532. The SMILES string of the molecule is CC(C)C(O)CNc1ccc(C#N)cn1. The van der Waals surface area contributed by atoms with Crippen LogP contribution in [-0.4, -0.2) is 22.7 Å². The van der Waals surface area contributed by atoms with Crippen molar-refractivity contribution < 1.29 is 5.11 Å². The van der Waals surface area contributed by atoms with E-state index in [1.54, 1.807) is 12.1 Å². The predicted octanol–water partition coefficient (Wildman–Crippen LogP) is 1.38. The van der Waals surface area contributed by atoms with Crippen LogP contribution in [0.5, 0.6) is 0 Å². The van der Waals surface area contributed by atoms with Crippen LogP contribution in [0.25, 0.3) is 0 Å². The Kier molecular flexibility index (Phi) is 4.07. The van der Waals surface area contributed by atoms with Gasteiger partial charge in [-0.05, 0) is 18.1 Å². The van der Waals surface area contributed by atoms with Crippen molar-refractivity contribution in [2.24, 2.45) is 5.92 Å². The van der Waals surface area contributed by atoms with Crippen molar-refractivity contribution in [1.29, 1.82) is 5.26 Å². The molecule has 0 radical (unpaired) electrons. The van der Waals surface area contributed by atoms with E-state index >= 15 is 0 Å². The second kappa shape index (κ2) is 5.32. The highest BCUT2D eigenvalue weighted by Crippen LogP contribution is 2.06. The third-order valence-electron chi connectivity index (χ3n) is 2.15. The molecule has 1 atom stereocenters. The fourth-order valence-corrected chi connectivity index (χ4v) is 1.01. The van der Waals surface area contributed by atoms with E-state index in [0.717, 1.165) is 0 Å². The van der Waals surface area contributed by atoms with Crippen molar-refractivity contribution in [2.45, 2.75) is 20.0 Å². The number of aliphatic hydroxyl groups is 1. The van der Waals surface area contributed by atoms with Crippen LogP contribution in [0, 0.1) is 17.2 Å². The second-order valence-electron chi connectivity index (χ2n) is 3.74. The Hall–Kier alpha value is -1.60. The maximum Gasteiger partial charge on any atom is 0.126 e. The Morgan fingerprint density at radius 1 is 1.53 bits per heavy atom. The van der Waals surface area contributed by atoms with Gasteiger partial charge < -0.3 is 10.4 Å². The first kappa shape index (κ1) is 11.5. The minimum Gasteiger partial charge on any atom is -0.391 e. The fourth-order valence-electron chi connectivity index (χ4n) is 1.01. The van der Waals surface area contributed by atoms with Crippen LogP contribution in [-0.2, 0) is 0 Å². The number of rotatable bonds is 4. The first-order chi connectivity index (χ1) is 7.13. The van der Waals surface area contributed by atoms with Gasteiger partial charge in [-0.1, -0.05) is 13.8 Å². The molecule has 0 saturated heterocycles. The van der Waals surface area contributed by atoms with E-state index < -0.39 is 0 Å². The molecule has 80 valence electrons. The van der Waals surface area contributed by atoms with Crippen molar-refractivity contribution in [3.8, 4) is 6.07 Å². The van der Waals surface area contributed by atoms with Crippen LogP contribution in [0.3, 0.4) is 0 Å². The molecule has 0 amide bonds. The van der Waals surface area contributed by atoms with Crippen LogP contribution < -0.4 is 5.32 Å². The van der Waals surface area contributed by atoms with Gasteiger partial charge in [-0.25, -0.2) is 4.98 Å². The van der Waals surface area contributed by atoms with Crippen LogP contribution in [0.4, 0.5) is 5.82 Å². The lowest BCUT2D eigenvalue weighted by molar-refractivity contribution is 0.138. The molecule has 1 heterocycles. The lowest BCUT2D eigenvalue weighted by Gasteiger charge is -2.15. The molecule has 4 nitrogen and oxygen atoms in total. The summed E-state index contributed by atoms with van der Waals surface area (Å²) in [6, 6.07) is 5.42. The van der Waals surface area contributed by atoms with Crippen molar-refractivity contribution in [2.75, 3.05) is 11.9 Å². The second-order valence-corrected chi connectivity index (χ2v) is 3.74.